The zero-order chi connectivity index (χ0) is 24.0. The molecule has 5 rings (SSSR count). The highest BCUT2D eigenvalue weighted by molar-refractivity contribution is 6.06. The quantitative estimate of drug-likeness (QED) is 0.359. The molecule has 0 amide bonds. The molecule has 3 aromatic carbocycles. The maximum absolute atomic E-state index is 12.7. The number of hydrogen-bond donors (Lipinski definition) is 0. The molecule has 0 unspecified atom stereocenters. The smallest absolute Gasteiger partial charge is 0.243 e. The van der Waals surface area contributed by atoms with Crippen LogP contribution in [0.3, 0.4) is 0 Å². The Morgan fingerprint density at radius 2 is 1.49 bits per heavy atom. The van der Waals surface area contributed by atoms with Gasteiger partial charge in [0.2, 0.25) is 17.5 Å². The van der Waals surface area contributed by atoms with E-state index in [9.17, 15) is 4.79 Å². The van der Waals surface area contributed by atoms with Gasteiger partial charge in [-0.05, 0) is 35.4 Å². The fourth-order valence-corrected chi connectivity index (χ4v) is 4.54. The lowest BCUT2D eigenvalue weighted by Crippen LogP contribution is -2.47. The van der Waals surface area contributed by atoms with Crippen molar-refractivity contribution >= 4 is 5.78 Å². The van der Waals surface area contributed by atoms with E-state index in [1.165, 1.54) is 11.1 Å². The summed E-state index contributed by atoms with van der Waals surface area (Å²) in [7, 11) is 1.59. The Hall–Kier alpha value is -3.81. The molecule has 7 heteroatoms. The summed E-state index contributed by atoms with van der Waals surface area (Å²) in [4.78, 5) is 21.9. The Bertz CT molecular complexity index is 1190. The highest BCUT2D eigenvalue weighted by Crippen LogP contribution is 2.29. The molecule has 35 heavy (non-hydrogen) atoms. The van der Waals surface area contributed by atoms with Gasteiger partial charge in [0.25, 0.3) is 0 Å². The fraction of sp³-hybridized carbons (Fsp3) is 0.250. The van der Waals surface area contributed by atoms with Gasteiger partial charge in [0, 0.05) is 31.7 Å². The molecule has 0 N–H and O–H groups in total. The van der Waals surface area contributed by atoms with E-state index in [4.69, 9.17) is 9.26 Å². The number of nitrogens with zero attached hydrogens (tertiary/aromatic N) is 4. The van der Waals surface area contributed by atoms with Gasteiger partial charge in [-0.1, -0.05) is 65.8 Å². The lowest BCUT2D eigenvalue weighted by Gasteiger charge is -2.39. The molecule has 0 spiro atoms. The number of aromatic nitrogens is 2. The number of carbonyl (C=O) groups excluding carboxylic acids is 1. The van der Waals surface area contributed by atoms with Crippen molar-refractivity contribution in [2.75, 3.05) is 33.3 Å². The normalized spacial score (nSPS) is 14.8. The Morgan fingerprint density at radius 1 is 0.886 bits per heavy atom. The highest BCUT2D eigenvalue weighted by Gasteiger charge is 2.27. The summed E-state index contributed by atoms with van der Waals surface area (Å²) in [6.45, 7) is 4.11. The van der Waals surface area contributed by atoms with Crippen molar-refractivity contribution in [3.8, 4) is 5.75 Å². The monoisotopic (exact) mass is 468 g/mol. The van der Waals surface area contributed by atoms with E-state index in [0.717, 1.165) is 26.2 Å². The summed E-state index contributed by atoms with van der Waals surface area (Å²) in [5.41, 5.74) is 3.09. The van der Waals surface area contributed by atoms with E-state index in [1.807, 2.05) is 0 Å². The van der Waals surface area contributed by atoms with Crippen LogP contribution in [0, 0.1) is 0 Å². The fourth-order valence-electron chi connectivity index (χ4n) is 4.54. The van der Waals surface area contributed by atoms with Crippen LogP contribution in [0.1, 0.15) is 39.2 Å². The average Bonchev–Trinajstić information content (AvgIpc) is 3.39. The number of ether oxygens (including phenoxy) is 1. The van der Waals surface area contributed by atoms with Gasteiger partial charge in [0.1, 0.15) is 5.75 Å². The number of carbonyl (C=O) groups is 1. The van der Waals surface area contributed by atoms with Gasteiger partial charge < -0.3 is 9.26 Å². The van der Waals surface area contributed by atoms with Gasteiger partial charge in [0.15, 0.2) is 0 Å². The van der Waals surface area contributed by atoms with Crippen molar-refractivity contribution in [1.29, 1.82) is 0 Å². The molecule has 4 aromatic rings. The first-order valence-electron chi connectivity index (χ1n) is 11.8. The molecule has 1 aliphatic rings. The van der Waals surface area contributed by atoms with E-state index < -0.39 is 0 Å². The van der Waals surface area contributed by atoms with E-state index in [2.05, 4.69) is 80.6 Å². The summed E-state index contributed by atoms with van der Waals surface area (Å²) < 4.78 is 10.6. The molecule has 1 saturated heterocycles. The van der Waals surface area contributed by atoms with Crippen LogP contribution in [-0.4, -0.2) is 59.0 Å². The molecule has 0 radical (unpaired) electrons. The van der Waals surface area contributed by atoms with Crippen LogP contribution in [-0.2, 0) is 6.54 Å². The minimum atomic E-state index is -0.263. The number of methoxy groups -OCH3 is 1. The second-order valence-corrected chi connectivity index (χ2v) is 8.61. The molecular weight excluding hydrogens is 440 g/mol. The van der Waals surface area contributed by atoms with Crippen molar-refractivity contribution in [2.24, 2.45) is 0 Å². The van der Waals surface area contributed by atoms with Crippen molar-refractivity contribution in [1.82, 2.24) is 19.9 Å². The zero-order valence-corrected chi connectivity index (χ0v) is 19.7. The van der Waals surface area contributed by atoms with E-state index in [0.29, 0.717) is 23.7 Å². The van der Waals surface area contributed by atoms with Crippen LogP contribution < -0.4 is 4.74 Å². The first kappa shape index (κ1) is 23.0. The summed E-state index contributed by atoms with van der Waals surface area (Å²) in [6.07, 6.45) is 0. The van der Waals surface area contributed by atoms with Gasteiger partial charge in [-0.3, -0.25) is 14.6 Å². The molecule has 0 bridgehead atoms. The summed E-state index contributed by atoms with van der Waals surface area (Å²) in [5.74, 6) is 0.965. The molecule has 178 valence electrons. The van der Waals surface area contributed by atoms with Crippen LogP contribution >= 0.6 is 0 Å². The molecule has 0 saturated carbocycles. The van der Waals surface area contributed by atoms with E-state index in [1.54, 1.807) is 31.4 Å². The van der Waals surface area contributed by atoms with Gasteiger partial charge in [-0.2, -0.15) is 4.98 Å². The molecule has 1 aliphatic heterocycles. The maximum Gasteiger partial charge on any atom is 0.243 e. The van der Waals surface area contributed by atoms with E-state index in [-0.39, 0.29) is 17.6 Å². The third-order valence-corrected chi connectivity index (χ3v) is 6.38. The second-order valence-electron chi connectivity index (χ2n) is 8.61. The van der Waals surface area contributed by atoms with Crippen LogP contribution in [0.25, 0.3) is 0 Å². The molecule has 2 heterocycles. The predicted molar refractivity (Wildman–Crippen MR) is 132 cm³/mol. The average molecular weight is 469 g/mol. The Kier molecular flexibility index (Phi) is 6.97. The SMILES string of the molecule is COc1ccc(C(=O)c2noc(CN3CCN(C(c4ccccc4)c4ccccc4)CC3)n2)cc1. The van der Waals surface area contributed by atoms with Crippen molar-refractivity contribution in [2.45, 2.75) is 12.6 Å². The van der Waals surface area contributed by atoms with Gasteiger partial charge in [-0.15, -0.1) is 0 Å². The molecular formula is C28H28N4O3. The molecule has 0 aliphatic carbocycles. The van der Waals surface area contributed by atoms with Crippen LogP contribution in [0.4, 0.5) is 0 Å². The van der Waals surface area contributed by atoms with Crippen LogP contribution in [0.2, 0.25) is 0 Å². The first-order valence-corrected chi connectivity index (χ1v) is 11.8. The van der Waals surface area contributed by atoms with Gasteiger partial charge in [-0.25, -0.2) is 0 Å². The largest absolute Gasteiger partial charge is 0.497 e. The Labute approximate surface area is 204 Å². The molecule has 1 fully saturated rings. The minimum absolute atomic E-state index is 0.0806. The van der Waals surface area contributed by atoms with Crippen LogP contribution in [0.15, 0.2) is 89.5 Å². The summed E-state index contributed by atoms with van der Waals surface area (Å²) in [6, 6.07) is 28.4. The third kappa shape index (κ3) is 5.31. The summed E-state index contributed by atoms with van der Waals surface area (Å²) in [5, 5.41) is 3.92. The Balaban J connectivity index is 1.22. The molecule has 0 atom stereocenters. The topological polar surface area (TPSA) is 71.7 Å². The Morgan fingerprint density at radius 3 is 2.06 bits per heavy atom. The lowest BCUT2D eigenvalue weighted by atomic mass is 9.96. The number of piperazine rings is 1. The van der Waals surface area contributed by atoms with Gasteiger partial charge in [0.05, 0.1) is 19.7 Å². The van der Waals surface area contributed by atoms with Crippen LogP contribution in [0.5, 0.6) is 5.75 Å². The maximum atomic E-state index is 12.7. The zero-order valence-electron chi connectivity index (χ0n) is 19.7. The lowest BCUT2D eigenvalue weighted by molar-refractivity contribution is 0.0966. The van der Waals surface area contributed by atoms with E-state index >= 15 is 0 Å². The summed E-state index contributed by atoms with van der Waals surface area (Å²) >= 11 is 0. The number of benzene rings is 3. The highest BCUT2D eigenvalue weighted by atomic mass is 16.5. The number of hydrogen-bond acceptors (Lipinski definition) is 7. The third-order valence-electron chi connectivity index (χ3n) is 6.38. The first-order chi connectivity index (χ1) is 17.2. The number of rotatable bonds is 8. The minimum Gasteiger partial charge on any atom is -0.497 e. The van der Waals surface area contributed by atoms with Crippen molar-refractivity contribution in [3.05, 3.63) is 113 Å². The molecule has 1 aromatic heterocycles. The standard InChI is InChI=1S/C28H28N4O3/c1-34-24-14-12-23(13-15-24)27(33)28-29-25(35-30-28)20-31-16-18-32(19-17-31)26(21-8-4-2-5-9-21)22-10-6-3-7-11-22/h2-15,26H,16-20H2,1H3. The predicted octanol–water partition coefficient (Wildman–Crippen LogP) is 4.22. The van der Waals surface area contributed by atoms with Gasteiger partial charge >= 0.3 is 0 Å². The van der Waals surface area contributed by atoms with Crippen molar-refractivity contribution < 1.29 is 14.1 Å². The molecule has 7 nitrogen and oxygen atoms in total. The second kappa shape index (κ2) is 10.6. The van der Waals surface area contributed by atoms with Crippen molar-refractivity contribution in [3.63, 3.8) is 0 Å². The number of ketones is 1.